The van der Waals surface area contributed by atoms with Crippen LogP contribution in [0.15, 0.2) is 36.5 Å². The van der Waals surface area contributed by atoms with Crippen LogP contribution < -0.4 is 5.32 Å². The monoisotopic (exact) mass is 382 g/mol. The fraction of sp³-hybridized carbons (Fsp3) is 0.591. The molecule has 1 amide bonds. The molecule has 2 aliphatic rings. The van der Waals surface area contributed by atoms with Crippen LogP contribution in [0.2, 0.25) is 0 Å². The molecule has 4 rings (SSSR count). The molecule has 1 aromatic heterocycles. The van der Waals surface area contributed by atoms with Gasteiger partial charge < -0.3 is 10.1 Å². The zero-order valence-corrected chi connectivity index (χ0v) is 16.5. The molecule has 1 aromatic carbocycles. The summed E-state index contributed by atoms with van der Waals surface area (Å²) in [6, 6.07) is 10.5. The average Bonchev–Trinajstić information content (AvgIpc) is 3.23. The fourth-order valence-corrected chi connectivity index (χ4v) is 4.59. The van der Waals surface area contributed by atoms with Gasteiger partial charge in [0.25, 0.3) is 5.91 Å². The van der Waals surface area contributed by atoms with Crippen molar-refractivity contribution < 1.29 is 9.53 Å². The number of nitrogens with zero attached hydrogens (tertiary/aromatic N) is 3. The molecule has 0 radical (unpaired) electrons. The van der Waals surface area contributed by atoms with Crippen molar-refractivity contribution in [3.05, 3.63) is 47.8 Å². The molecule has 2 heterocycles. The minimum absolute atomic E-state index is 0.0761. The zero-order valence-electron chi connectivity index (χ0n) is 16.5. The van der Waals surface area contributed by atoms with Gasteiger partial charge in [-0.2, -0.15) is 0 Å². The Morgan fingerprint density at radius 1 is 1.14 bits per heavy atom. The first-order chi connectivity index (χ1) is 13.8. The molecule has 0 spiro atoms. The molecule has 1 saturated carbocycles. The summed E-state index contributed by atoms with van der Waals surface area (Å²) in [7, 11) is 0. The zero-order chi connectivity index (χ0) is 19.2. The van der Waals surface area contributed by atoms with Crippen LogP contribution in [0.5, 0.6) is 0 Å². The first-order valence-electron chi connectivity index (χ1n) is 10.6. The van der Waals surface area contributed by atoms with Crippen LogP contribution in [0.3, 0.4) is 0 Å². The predicted molar refractivity (Wildman–Crippen MR) is 107 cm³/mol. The first-order valence-corrected chi connectivity index (χ1v) is 10.6. The molecule has 28 heavy (non-hydrogen) atoms. The van der Waals surface area contributed by atoms with Gasteiger partial charge >= 0.3 is 0 Å². The third-order valence-corrected chi connectivity index (χ3v) is 6.36. The lowest BCUT2D eigenvalue weighted by molar-refractivity contribution is 0.0486. The standard InChI is InChI=1S/C22H30N4O2/c27-21(20-16-26(25-24-20)15-18-7-3-1-4-8-18)23-17-22(11-13-28-14-12-22)19-9-5-2-6-10-19/h2,5-6,9-10,16,18H,1,3-4,7-8,11-15,17H2,(H,23,27). The highest BCUT2D eigenvalue weighted by Crippen LogP contribution is 2.34. The Kier molecular flexibility index (Phi) is 6.05. The Hall–Kier alpha value is -2.21. The summed E-state index contributed by atoms with van der Waals surface area (Å²) in [5.74, 6) is 0.520. The largest absolute Gasteiger partial charge is 0.381 e. The number of nitrogens with one attached hydrogen (secondary N) is 1. The maximum absolute atomic E-state index is 12.7. The molecule has 0 bridgehead atoms. The molecule has 0 atom stereocenters. The number of hydrogen-bond donors (Lipinski definition) is 1. The predicted octanol–water partition coefficient (Wildman–Crippen LogP) is 3.34. The van der Waals surface area contributed by atoms with E-state index in [9.17, 15) is 4.79 Å². The van der Waals surface area contributed by atoms with Gasteiger partial charge in [0.15, 0.2) is 5.69 Å². The van der Waals surface area contributed by atoms with Crippen LogP contribution in [0.4, 0.5) is 0 Å². The van der Waals surface area contributed by atoms with Crippen molar-refractivity contribution >= 4 is 5.91 Å². The third-order valence-electron chi connectivity index (χ3n) is 6.36. The molecule has 1 aliphatic heterocycles. The van der Waals surface area contributed by atoms with E-state index in [1.54, 1.807) is 6.20 Å². The Bertz CT molecular complexity index is 762. The van der Waals surface area contributed by atoms with E-state index >= 15 is 0 Å². The summed E-state index contributed by atoms with van der Waals surface area (Å²) < 4.78 is 7.41. The van der Waals surface area contributed by atoms with Crippen molar-refractivity contribution in [1.82, 2.24) is 20.3 Å². The maximum Gasteiger partial charge on any atom is 0.273 e. The summed E-state index contributed by atoms with van der Waals surface area (Å²) in [5.41, 5.74) is 1.60. The number of amides is 1. The summed E-state index contributed by atoms with van der Waals surface area (Å²) in [4.78, 5) is 12.7. The van der Waals surface area contributed by atoms with E-state index in [-0.39, 0.29) is 11.3 Å². The van der Waals surface area contributed by atoms with Gasteiger partial charge in [-0.15, -0.1) is 5.10 Å². The summed E-state index contributed by atoms with van der Waals surface area (Å²) in [6.45, 7) is 2.91. The number of benzene rings is 1. The van der Waals surface area contributed by atoms with E-state index in [0.717, 1.165) is 32.6 Å². The Morgan fingerprint density at radius 3 is 2.64 bits per heavy atom. The lowest BCUT2D eigenvalue weighted by atomic mass is 9.74. The Labute approximate surface area is 166 Å². The topological polar surface area (TPSA) is 69.0 Å². The van der Waals surface area contributed by atoms with Gasteiger partial charge in [0, 0.05) is 31.7 Å². The quantitative estimate of drug-likeness (QED) is 0.832. The minimum Gasteiger partial charge on any atom is -0.381 e. The van der Waals surface area contributed by atoms with E-state index in [2.05, 4.69) is 39.9 Å². The van der Waals surface area contributed by atoms with Gasteiger partial charge in [0.05, 0.1) is 6.20 Å². The van der Waals surface area contributed by atoms with Gasteiger partial charge in [-0.3, -0.25) is 9.48 Å². The van der Waals surface area contributed by atoms with Crippen molar-refractivity contribution in [2.45, 2.75) is 56.9 Å². The van der Waals surface area contributed by atoms with Crippen molar-refractivity contribution in [3.8, 4) is 0 Å². The van der Waals surface area contributed by atoms with E-state index in [4.69, 9.17) is 4.74 Å². The van der Waals surface area contributed by atoms with Crippen molar-refractivity contribution in [2.75, 3.05) is 19.8 Å². The number of carbonyl (C=O) groups excluding carboxylic acids is 1. The molecule has 6 heteroatoms. The SMILES string of the molecule is O=C(NCC1(c2ccccc2)CCOCC1)c1cn(CC2CCCCC2)nn1. The van der Waals surface area contributed by atoms with Gasteiger partial charge in [0.2, 0.25) is 0 Å². The molecule has 2 fully saturated rings. The van der Waals surface area contributed by atoms with Gasteiger partial charge in [-0.05, 0) is 37.2 Å². The van der Waals surface area contributed by atoms with Crippen LogP contribution in [0.1, 0.15) is 61.0 Å². The van der Waals surface area contributed by atoms with Gasteiger partial charge in [-0.25, -0.2) is 0 Å². The van der Waals surface area contributed by atoms with Crippen molar-refractivity contribution in [2.24, 2.45) is 5.92 Å². The van der Waals surface area contributed by atoms with E-state index in [1.165, 1.54) is 37.7 Å². The molecular formula is C22H30N4O2. The van der Waals surface area contributed by atoms with Crippen LogP contribution in [0.25, 0.3) is 0 Å². The molecule has 150 valence electrons. The molecule has 2 aromatic rings. The highest BCUT2D eigenvalue weighted by atomic mass is 16.5. The van der Waals surface area contributed by atoms with E-state index in [0.29, 0.717) is 18.2 Å². The summed E-state index contributed by atoms with van der Waals surface area (Å²) in [5, 5.41) is 11.4. The highest BCUT2D eigenvalue weighted by Gasteiger charge is 2.35. The third kappa shape index (κ3) is 4.43. The lowest BCUT2D eigenvalue weighted by Crippen LogP contribution is -2.44. The van der Waals surface area contributed by atoms with Gasteiger partial charge in [0.1, 0.15) is 0 Å². The van der Waals surface area contributed by atoms with Crippen molar-refractivity contribution in [3.63, 3.8) is 0 Å². The van der Waals surface area contributed by atoms with Gasteiger partial charge in [-0.1, -0.05) is 54.8 Å². The molecule has 6 nitrogen and oxygen atoms in total. The van der Waals surface area contributed by atoms with Crippen LogP contribution >= 0.6 is 0 Å². The first kappa shape index (κ1) is 19.1. The Morgan fingerprint density at radius 2 is 1.89 bits per heavy atom. The number of hydrogen-bond acceptors (Lipinski definition) is 4. The second-order valence-corrected chi connectivity index (χ2v) is 8.27. The number of rotatable bonds is 6. The average molecular weight is 383 g/mol. The normalized spacial score (nSPS) is 20.0. The second-order valence-electron chi connectivity index (χ2n) is 8.27. The van der Waals surface area contributed by atoms with Crippen molar-refractivity contribution in [1.29, 1.82) is 0 Å². The highest BCUT2D eigenvalue weighted by molar-refractivity contribution is 5.91. The minimum atomic E-state index is -0.142. The van der Waals surface area contributed by atoms with E-state index in [1.807, 2.05) is 10.7 Å². The number of aromatic nitrogens is 3. The van der Waals surface area contributed by atoms with Crippen LogP contribution in [-0.4, -0.2) is 40.7 Å². The number of ether oxygens (including phenoxy) is 1. The summed E-state index contributed by atoms with van der Waals surface area (Å²) >= 11 is 0. The summed E-state index contributed by atoms with van der Waals surface area (Å²) in [6.07, 6.45) is 10.1. The molecule has 1 saturated heterocycles. The lowest BCUT2D eigenvalue weighted by Gasteiger charge is -2.37. The van der Waals surface area contributed by atoms with E-state index < -0.39 is 0 Å². The molecular weight excluding hydrogens is 352 g/mol. The second kappa shape index (κ2) is 8.86. The molecule has 0 unspecified atom stereocenters. The molecule has 1 N–H and O–H groups in total. The Balaban J connectivity index is 1.38. The smallest absolute Gasteiger partial charge is 0.273 e. The molecule has 1 aliphatic carbocycles. The van der Waals surface area contributed by atoms with Crippen LogP contribution in [-0.2, 0) is 16.7 Å². The maximum atomic E-state index is 12.7. The van der Waals surface area contributed by atoms with Crippen LogP contribution in [0, 0.1) is 5.92 Å². The fourth-order valence-electron chi connectivity index (χ4n) is 4.59. The number of carbonyl (C=O) groups is 1.